The number of ether oxygens (including phenoxy) is 3. The van der Waals surface area contributed by atoms with Gasteiger partial charge < -0.3 is 19.3 Å². The predicted octanol–water partition coefficient (Wildman–Crippen LogP) is 3.35. The standard InChI is InChI=1S/C24H33NO6/c1-17-5-3-14-25(24(17)30-21(26)22(27)31-24)15-4-16-29-20-8-6-18(7-9-20)19-10-12-23(2,28)13-11-19/h6-9,17,19,28H,3-5,10-16H2,1-2H3/t17-,19?,23?/m0/s1. The smallest absolute Gasteiger partial charge is 0.421 e. The molecule has 1 saturated carbocycles. The van der Waals surface area contributed by atoms with Crippen molar-refractivity contribution in [3.8, 4) is 5.75 Å². The summed E-state index contributed by atoms with van der Waals surface area (Å²) in [5.41, 5.74) is 0.788. The maximum atomic E-state index is 11.7. The molecule has 1 aromatic rings. The highest BCUT2D eigenvalue weighted by molar-refractivity contribution is 6.31. The van der Waals surface area contributed by atoms with E-state index in [1.165, 1.54) is 5.56 Å². The third kappa shape index (κ3) is 4.72. The molecule has 1 spiro atoms. The maximum Gasteiger partial charge on any atom is 0.421 e. The summed E-state index contributed by atoms with van der Waals surface area (Å²) in [6.07, 6.45) is 6.25. The number of hydrogen-bond acceptors (Lipinski definition) is 7. The third-order valence-electron chi connectivity index (χ3n) is 7.03. The molecule has 2 saturated heterocycles. The van der Waals surface area contributed by atoms with Crippen molar-refractivity contribution in [3.63, 3.8) is 0 Å². The Kier molecular flexibility index (Phi) is 6.26. The molecule has 1 aromatic carbocycles. The average Bonchev–Trinajstić information content (AvgIpc) is 3.04. The van der Waals surface area contributed by atoms with Gasteiger partial charge in [0.15, 0.2) is 0 Å². The van der Waals surface area contributed by atoms with Crippen LogP contribution in [0.15, 0.2) is 24.3 Å². The van der Waals surface area contributed by atoms with Crippen molar-refractivity contribution < 1.29 is 28.9 Å². The Balaban J connectivity index is 1.26. The summed E-state index contributed by atoms with van der Waals surface area (Å²) in [7, 11) is 0. The SMILES string of the molecule is C[C@H]1CCCN(CCCOc2ccc(C3CCC(C)(O)CC3)cc2)C12OC(=O)C(=O)O2. The predicted molar refractivity (Wildman–Crippen MR) is 113 cm³/mol. The van der Waals surface area contributed by atoms with Gasteiger partial charge >= 0.3 is 17.8 Å². The molecule has 2 aliphatic heterocycles. The summed E-state index contributed by atoms with van der Waals surface area (Å²) in [5.74, 6) is -1.80. The minimum absolute atomic E-state index is 0.0615. The summed E-state index contributed by atoms with van der Waals surface area (Å²) in [6.45, 7) is 5.73. The maximum absolute atomic E-state index is 11.7. The van der Waals surface area contributed by atoms with Crippen LogP contribution in [0.3, 0.4) is 0 Å². The Hall–Kier alpha value is -2.12. The molecular weight excluding hydrogens is 398 g/mol. The van der Waals surface area contributed by atoms with Gasteiger partial charge in [0.1, 0.15) is 5.75 Å². The minimum Gasteiger partial charge on any atom is -0.494 e. The molecule has 1 atom stereocenters. The van der Waals surface area contributed by atoms with Gasteiger partial charge in [0.25, 0.3) is 0 Å². The van der Waals surface area contributed by atoms with Crippen molar-refractivity contribution in [1.82, 2.24) is 4.90 Å². The molecule has 3 aliphatic rings. The fourth-order valence-electron chi connectivity index (χ4n) is 5.06. The lowest BCUT2D eigenvalue weighted by molar-refractivity contribution is -0.288. The second kappa shape index (κ2) is 8.79. The normalized spacial score (nSPS) is 30.8. The molecule has 0 unspecified atom stereocenters. The van der Waals surface area contributed by atoms with Gasteiger partial charge in [0.2, 0.25) is 0 Å². The Labute approximate surface area is 183 Å². The van der Waals surface area contributed by atoms with E-state index in [0.29, 0.717) is 25.6 Å². The first-order valence-corrected chi connectivity index (χ1v) is 11.5. The first kappa shape index (κ1) is 22.1. The molecule has 7 nitrogen and oxygen atoms in total. The quantitative estimate of drug-likeness (QED) is 0.420. The van der Waals surface area contributed by atoms with Crippen molar-refractivity contribution >= 4 is 11.9 Å². The number of rotatable bonds is 6. The van der Waals surface area contributed by atoms with E-state index in [-0.39, 0.29) is 5.92 Å². The number of hydrogen-bond donors (Lipinski definition) is 1. The highest BCUT2D eigenvalue weighted by Gasteiger charge is 2.57. The number of carbonyl (C=O) groups excluding carboxylic acids is 2. The van der Waals surface area contributed by atoms with Crippen molar-refractivity contribution in [2.45, 2.75) is 76.2 Å². The summed E-state index contributed by atoms with van der Waals surface area (Å²) in [4.78, 5) is 25.3. The van der Waals surface area contributed by atoms with Crippen molar-refractivity contribution in [2.24, 2.45) is 5.92 Å². The number of carbonyl (C=O) groups is 2. The van der Waals surface area contributed by atoms with Gasteiger partial charge in [-0.2, -0.15) is 0 Å². The Bertz CT molecular complexity index is 779. The lowest BCUT2D eigenvalue weighted by atomic mass is 9.77. The van der Waals surface area contributed by atoms with E-state index in [1.54, 1.807) is 0 Å². The van der Waals surface area contributed by atoms with E-state index in [4.69, 9.17) is 14.2 Å². The van der Waals surface area contributed by atoms with Gasteiger partial charge in [-0.15, -0.1) is 0 Å². The fourth-order valence-corrected chi connectivity index (χ4v) is 5.06. The number of aliphatic hydroxyl groups is 1. The lowest BCUT2D eigenvalue weighted by Crippen LogP contribution is -2.58. The topological polar surface area (TPSA) is 85.3 Å². The molecule has 1 aliphatic carbocycles. The van der Waals surface area contributed by atoms with Crippen LogP contribution in [0.4, 0.5) is 0 Å². The van der Waals surface area contributed by atoms with E-state index in [0.717, 1.165) is 50.7 Å². The minimum atomic E-state index is -1.25. The Morgan fingerprint density at radius 1 is 1.10 bits per heavy atom. The van der Waals surface area contributed by atoms with Crippen LogP contribution >= 0.6 is 0 Å². The Morgan fingerprint density at radius 2 is 1.74 bits per heavy atom. The van der Waals surface area contributed by atoms with E-state index >= 15 is 0 Å². The lowest BCUT2D eigenvalue weighted by Gasteiger charge is -2.44. The van der Waals surface area contributed by atoms with Crippen LogP contribution in [0.5, 0.6) is 5.75 Å². The summed E-state index contributed by atoms with van der Waals surface area (Å²) >= 11 is 0. The number of piperidine rings is 1. The van der Waals surface area contributed by atoms with E-state index in [9.17, 15) is 14.7 Å². The largest absolute Gasteiger partial charge is 0.494 e. The van der Waals surface area contributed by atoms with Gasteiger partial charge in [-0.1, -0.05) is 19.1 Å². The van der Waals surface area contributed by atoms with E-state index in [1.807, 2.05) is 30.9 Å². The van der Waals surface area contributed by atoms with Gasteiger partial charge in [-0.3, -0.25) is 0 Å². The molecule has 0 bridgehead atoms. The molecule has 31 heavy (non-hydrogen) atoms. The summed E-state index contributed by atoms with van der Waals surface area (Å²) < 4.78 is 16.7. The average molecular weight is 432 g/mol. The highest BCUT2D eigenvalue weighted by Crippen LogP contribution is 2.40. The van der Waals surface area contributed by atoms with Crippen LogP contribution in [0.1, 0.15) is 70.3 Å². The van der Waals surface area contributed by atoms with Crippen LogP contribution in [-0.2, 0) is 19.1 Å². The van der Waals surface area contributed by atoms with Crippen LogP contribution < -0.4 is 4.74 Å². The first-order chi connectivity index (χ1) is 14.8. The fraction of sp³-hybridized carbons (Fsp3) is 0.667. The van der Waals surface area contributed by atoms with Crippen LogP contribution in [-0.4, -0.2) is 53.2 Å². The van der Waals surface area contributed by atoms with Crippen LogP contribution in [0.2, 0.25) is 0 Å². The molecule has 0 aromatic heterocycles. The molecule has 2 heterocycles. The molecule has 7 heteroatoms. The molecule has 3 fully saturated rings. The van der Waals surface area contributed by atoms with Gasteiger partial charge in [-0.05, 0) is 75.5 Å². The number of nitrogens with zero attached hydrogens (tertiary/aromatic N) is 1. The molecule has 170 valence electrons. The third-order valence-corrected chi connectivity index (χ3v) is 7.03. The zero-order chi connectivity index (χ0) is 22.1. The molecule has 0 radical (unpaired) electrons. The zero-order valence-corrected chi connectivity index (χ0v) is 18.5. The number of benzene rings is 1. The number of likely N-dealkylation sites (tertiary alicyclic amines) is 1. The van der Waals surface area contributed by atoms with Crippen molar-refractivity contribution in [1.29, 1.82) is 0 Å². The first-order valence-electron chi connectivity index (χ1n) is 11.5. The van der Waals surface area contributed by atoms with Crippen molar-refractivity contribution in [3.05, 3.63) is 29.8 Å². The second-order valence-corrected chi connectivity index (χ2v) is 9.48. The van der Waals surface area contributed by atoms with Crippen LogP contribution in [0.25, 0.3) is 0 Å². The monoisotopic (exact) mass is 431 g/mol. The molecule has 1 N–H and O–H groups in total. The zero-order valence-electron chi connectivity index (χ0n) is 18.5. The van der Waals surface area contributed by atoms with E-state index < -0.39 is 23.5 Å². The van der Waals surface area contributed by atoms with Gasteiger partial charge in [0, 0.05) is 13.1 Å². The van der Waals surface area contributed by atoms with Gasteiger partial charge in [-0.25, -0.2) is 14.5 Å². The number of esters is 2. The van der Waals surface area contributed by atoms with Crippen molar-refractivity contribution in [2.75, 3.05) is 19.7 Å². The van der Waals surface area contributed by atoms with E-state index in [2.05, 4.69) is 12.1 Å². The summed E-state index contributed by atoms with van der Waals surface area (Å²) in [6, 6.07) is 8.26. The molecule has 0 amide bonds. The van der Waals surface area contributed by atoms with Crippen LogP contribution in [0, 0.1) is 5.92 Å². The second-order valence-electron chi connectivity index (χ2n) is 9.48. The summed E-state index contributed by atoms with van der Waals surface area (Å²) in [5, 5.41) is 10.1. The molecular formula is C24H33NO6. The molecule has 4 rings (SSSR count). The highest BCUT2D eigenvalue weighted by atomic mass is 16.8. The Morgan fingerprint density at radius 3 is 2.39 bits per heavy atom. The van der Waals surface area contributed by atoms with Gasteiger partial charge in [0.05, 0.1) is 18.1 Å².